The largest absolute Gasteiger partial charge is 0.481 e. The topological polar surface area (TPSA) is 85.3 Å². The van der Waals surface area contributed by atoms with E-state index < -0.39 is 11.9 Å². The van der Waals surface area contributed by atoms with E-state index in [2.05, 4.69) is 0 Å². The molecule has 1 fully saturated rings. The third-order valence-electron chi connectivity index (χ3n) is 3.62. The van der Waals surface area contributed by atoms with Crippen molar-refractivity contribution in [3.05, 3.63) is 0 Å². The molecule has 1 amide bonds. The Balaban J connectivity index is 2.51. The zero-order chi connectivity index (χ0) is 16.4. The Morgan fingerprint density at radius 1 is 0.909 bits per heavy atom. The lowest BCUT2D eigenvalue weighted by Gasteiger charge is -2.27. The molecule has 22 heavy (non-hydrogen) atoms. The highest BCUT2D eigenvalue weighted by atomic mass is 16.5. The molecule has 0 aromatic rings. The van der Waals surface area contributed by atoms with Gasteiger partial charge in [0.2, 0.25) is 5.91 Å². The van der Waals surface area contributed by atoms with Crippen molar-refractivity contribution in [1.29, 1.82) is 0 Å². The Morgan fingerprint density at radius 2 is 1.36 bits per heavy atom. The molecule has 1 saturated heterocycles. The first kappa shape index (κ1) is 18.9. The van der Waals surface area contributed by atoms with Crippen molar-refractivity contribution in [3.63, 3.8) is 0 Å². The maximum atomic E-state index is 12.5. The van der Waals surface area contributed by atoms with Crippen molar-refractivity contribution in [2.45, 2.75) is 20.3 Å². The van der Waals surface area contributed by atoms with Crippen LogP contribution in [0.5, 0.6) is 0 Å². The summed E-state index contributed by atoms with van der Waals surface area (Å²) in [6, 6.07) is 0. The Labute approximate surface area is 131 Å². The molecule has 0 aromatic carbocycles. The first-order valence-corrected chi connectivity index (χ1v) is 7.77. The number of carbonyl (C=O) groups excluding carboxylic acids is 1. The number of carboxylic acid groups (broad SMARTS) is 1. The minimum Gasteiger partial charge on any atom is -0.481 e. The highest BCUT2D eigenvalue weighted by Crippen LogP contribution is 2.15. The molecule has 0 radical (unpaired) electrons. The molecule has 7 nitrogen and oxygen atoms in total. The third-order valence-corrected chi connectivity index (χ3v) is 3.62. The van der Waals surface area contributed by atoms with Crippen LogP contribution in [0, 0.1) is 11.8 Å². The van der Waals surface area contributed by atoms with Crippen LogP contribution in [0.25, 0.3) is 0 Å². The van der Waals surface area contributed by atoms with Gasteiger partial charge in [0.05, 0.1) is 45.6 Å². The van der Waals surface area contributed by atoms with E-state index in [1.165, 1.54) is 0 Å². The second kappa shape index (κ2) is 10.5. The maximum absolute atomic E-state index is 12.5. The average Bonchev–Trinajstić information content (AvgIpc) is 2.47. The van der Waals surface area contributed by atoms with Crippen LogP contribution >= 0.6 is 0 Å². The zero-order valence-corrected chi connectivity index (χ0v) is 13.5. The van der Waals surface area contributed by atoms with Crippen LogP contribution in [0.4, 0.5) is 0 Å². The minimum absolute atomic E-state index is 0.0476. The minimum atomic E-state index is -0.875. The molecule has 7 heteroatoms. The summed E-state index contributed by atoms with van der Waals surface area (Å²) in [5.74, 6) is -1.79. The van der Waals surface area contributed by atoms with E-state index in [1.54, 1.807) is 18.7 Å². The van der Waals surface area contributed by atoms with E-state index in [4.69, 9.17) is 19.3 Å². The maximum Gasteiger partial charge on any atom is 0.306 e. The van der Waals surface area contributed by atoms with Crippen molar-refractivity contribution >= 4 is 11.9 Å². The van der Waals surface area contributed by atoms with Crippen LogP contribution in [0.3, 0.4) is 0 Å². The predicted octanol–water partition coefficient (Wildman–Crippen LogP) is 0.625. The monoisotopic (exact) mass is 317 g/mol. The van der Waals surface area contributed by atoms with Crippen LogP contribution < -0.4 is 0 Å². The molecular weight excluding hydrogens is 290 g/mol. The molecule has 1 rings (SSSR count). The second-order valence-corrected chi connectivity index (χ2v) is 5.54. The Morgan fingerprint density at radius 3 is 1.82 bits per heavy atom. The highest BCUT2D eigenvalue weighted by molar-refractivity contribution is 5.79. The number of hydrogen-bond acceptors (Lipinski definition) is 5. The van der Waals surface area contributed by atoms with Crippen molar-refractivity contribution < 1.29 is 28.9 Å². The van der Waals surface area contributed by atoms with Gasteiger partial charge in [-0.2, -0.15) is 0 Å². The number of amides is 1. The predicted molar refractivity (Wildman–Crippen MR) is 79.6 cm³/mol. The van der Waals surface area contributed by atoms with Gasteiger partial charge in [0.25, 0.3) is 0 Å². The fourth-order valence-electron chi connectivity index (χ4n) is 2.27. The summed E-state index contributed by atoms with van der Waals surface area (Å²) in [7, 11) is 0. The summed E-state index contributed by atoms with van der Waals surface area (Å²) < 4.78 is 16.2. The molecule has 128 valence electrons. The van der Waals surface area contributed by atoms with Gasteiger partial charge in [-0.25, -0.2) is 0 Å². The molecule has 1 N–H and O–H groups in total. The lowest BCUT2D eigenvalue weighted by Crippen LogP contribution is -2.41. The van der Waals surface area contributed by atoms with Gasteiger partial charge < -0.3 is 24.2 Å². The number of hydrogen-bond donors (Lipinski definition) is 1. The summed E-state index contributed by atoms with van der Waals surface area (Å²) in [5.41, 5.74) is 0. The van der Waals surface area contributed by atoms with E-state index in [1.807, 2.05) is 0 Å². The van der Waals surface area contributed by atoms with Gasteiger partial charge in [-0.3, -0.25) is 9.59 Å². The van der Waals surface area contributed by atoms with Crippen molar-refractivity contribution in [1.82, 2.24) is 4.90 Å². The lowest BCUT2D eigenvalue weighted by atomic mass is 9.96. The van der Waals surface area contributed by atoms with E-state index >= 15 is 0 Å². The van der Waals surface area contributed by atoms with Gasteiger partial charge >= 0.3 is 5.97 Å². The summed E-state index contributed by atoms with van der Waals surface area (Å²) in [5, 5.41) is 8.95. The number of carbonyl (C=O) groups is 2. The molecular formula is C15H27NO6. The molecule has 0 bridgehead atoms. The normalized spacial score (nSPS) is 21.3. The zero-order valence-electron chi connectivity index (χ0n) is 13.5. The van der Waals surface area contributed by atoms with Crippen LogP contribution in [0.1, 0.15) is 20.3 Å². The van der Waals surface area contributed by atoms with Gasteiger partial charge in [-0.1, -0.05) is 13.8 Å². The first-order valence-electron chi connectivity index (χ1n) is 7.77. The molecule has 2 atom stereocenters. The quantitative estimate of drug-likeness (QED) is 0.818. The summed E-state index contributed by atoms with van der Waals surface area (Å²) in [6.07, 6.45) is 0.334. The Bertz CT molecular complexity index is 337. The van der Waals surface area contributed by atoms with E-state index in [9.17, 15) is 9.59 Å². The smallest absolute Gasteiger partial charge is 0.306 e. The Hall–Kier alpha value is -1.18. The molecule has 1 aliphatic heterocycles. The van der Waals surface area contributed by atoms with Gasteiger partial charge in [0.15, 0.2) is 0 Å². The van der Waals surface area contributed by atoms with Crippen molar-refractivity contribution in [3.8, 4) is 0 Å². The Kier molecular flexibility index (Phi) is 9.03. The van der Waals surface area contributed by atoms with Crippen LogP contribution in [-0.4, -0.2) is 74.6 Å². The standard InChI is InChI=1S/C15H27NO6/c1-12(11-13(2)15(18)19)14(17)16-3-5-20-7-9-22-10-8-21-6-4-16/h12-13H,3-11H2,1-2H3,(H,18,19)/t12-,13+/m1/s1. The number of rotatable bonds is 4. The van der Waals surface area contributed by atoms with Gasteiger partial charge in [-0.15, -0.1) is 0 Å². The molecule has 0 saturated carbocycles. The highest BCUT2D eigenvalue weighted by Gasteiger charge is 2.24. The number of nitrogens with zero attached hydrogens (tertiary/aromatic N) is 1. The summed E-state index contributed by atoms with van der Waals surface area (Å²) in [6.45, 7) is 7.26. The molecule has 1 heterocycles. The van der Waals surface area contributed by atoms with Crippen LogP contribution in [0.15, 0.2) is 0 Å². The van der Waals surface area contributed by atoms with Gasteiger partial charge in [-0.05, 0) is 6.42 Å². The molecule has 0 unspecified atom stereocenters. The van der Waals surface area contributed by atoms with Crippen LogP contribution in [-0.2, 0) is 23.8 Å². The van der Waals surface area contributed by atoms with E-state index in [0.29, 0.717) is 59.2 Å². The lowest BCUT2D eigenvalue weighted by molar-refractivity contribution is -0.143. The fraction of sp³-hybridized carbons (Fsp3) is 0.867. The summed E-state index contributed by atoms with van der Waals surface area (Å²) in [4.78, 5) is 25.1. The molecule has 0 spiro atoms. The molecule has 1 aliphatic rings. The van der Waals surface area contributed by atoms with E-state index in [-0.39, 0.29) is 11.8 Å². The van der Waals surface area contributed by atoms with Crippen molar-refractivity contribution in [2.75, 3.05) is 52.7 Å². The molecule has 0 aliphatic carbocycles. The first-order chi connectivity index (χ1) is 10.5. The second-order valence-electron chi connectivity index (χ2n) is 5.54. The van der Waals surface area contributed by atoms with E-state index in [0.717, 1.165) is 0 Å². The average molecular weight is 317 g/mol. The van der Waals surface area contributed by atoms with Gasteiger partial charge in [0, 0.05) is 19.0 Å². The van der Waals surface area contributed by atoms with Crippen molar-refractivity contribution in [2.24, 2.45) is 11.8 Å². The number of carboxylic acids is 1. The fourth-order valence-corrected chi connectivity index (χ4v) is 2.27. The SMILES string of the molecule is C[C@H](C[C@H](C)C(=O)O)C(=O)N1CCOCCOCCOCC1. The van der Waals surface area contributed by atoms with Gasteiger partial charge in [0.1, 0.15) is 0 Å². The molecule has 0 aromatic heterocycles. The number of aliphatic carboxylic acids is 1. The van der Waals surface area contributed by atoms with Crippen LogP contribution in [0.2, 0.25) is 0 Å². The number of ether oxygens (including phenoxy) is 3. The third kappa shape index (κ3) is 7.20. The summed E-state index contributed by atoms with van der Waals surface area (Å²) >= 11 is 0.